The largest absolute Gasteiger partial charge is 0.497 e. The highest BCUT2D eigenvalue weighted by Crippen LogP contribution is 2.25. The minimum absolute atomic E-state index is 0.417. The van der Waals surface area contributed by atoms with Crippen molar-refractivity contribution in [1.82, 2.24) is 9.78 Å². The second kappa shape index (κ2) is 8.08. The third-order valence-corrected chi connectivity index (χ3v) is 4.54. The van der Waals surface area contributed by atoms with Crippen molar-refractivity contribution in [3.63, 3.8) is 0 Å². The summed E-state index contributed by atoms with van der Waals surface area (Å²) < 4.78 is 12.6. The van der Waals surface area contributed by atoms with Crippen molar-refractivity contribution in [3.05, 3.63) is 70.9 Å². The summed E-state index contributed by atoms with van der Waals surface area (Å²) in [5, 5.41) is 4.67. The summed E-state index contributed by atoms with van der Waals surface area (Å²) >= 11 is 0. The summed E-state index contributed by atoms with van der Waals surface area (Å²) in [6.45, 7) is 6.19. The van der Waals surface area contributed by atoms with E-state index in [0.717, 1.165) is 35.3 Å². The number of rotatable bonds is 6. The molecule has 3 aromatic rings. The van der Waals surface area contributed by atoms with Gasteiger partial charge in [-0.1, -0.05) is 31.5 Å². The molecule has 0 radical (unpaired) electrons. The van der Waals surface area contributed by atoms with E-state index in [2.05, 4.69) is 25.0 Å². The van der Waals surface area contributed by atoms with Crippen molar-refractivity contribution in [1.29, 1.82) is 0 Å². The number of benzene rings is 2. The van der Waals surface area contributed by atoms with E-state index < -0.39 is 5.97 Å². The molecule has 0 spiro atoms. The summed E-state index contributed by atoms with van der Waals surface area (Å²) in [4.78, 5) is 12.7. The number of nitrogens with zero attached hydrogens (tertiary/aromatic N) is 2. The molecule has 0 saturated carbocycles. The molecule has 0 saturated heterocycles. The fourth-order valence-electron chi connectivity index (χ4n) is 2.90. The third-order valence-electron chi connectivity index (χ3n) is 4.54. The lowest BCUT2D eigenvalue weighted by Gasteiger charge is -2.12. The minimum Gasteiger partial charge on any atom is -0.497 e. The second-order valence-corrected chi connectivity index (χ2v) is 6.48. The molecule has 0 atom stereocenters. The van der Waals surface area contributed by atoms with Crippen LogP contribution >= 0.6 is 0 Å². The van der Waals surface area contributed by atoms with Crippen LogP contribution in [0, 0.1) is 13.8 Å². The number of aryl methyl sites for hydroxylation is 2. The van der Waals surface area contributed by atoms with Crippen LogP contribution in [0.1, 0.15) is 40.5 Å². The lowest BCUT2D eigenvalue weighted by Crippen LogP contribution is -2.12. The van der Waals surface area contributed by atoms with Crippen LogP contribution < -0.4 is 9.47 Å². The second-order valence-electron chi connectivity index (χ2n) is 6.48. The van der Waals surface area contributed by atoms with E-state index in [4.69, 9.17) is 9.47 Å². The summed E-state index contributed by atoms with van der Waals surface area (Å²) in [7, 11) is 1.57. The first-order valence-corrected chi connectivity index (χ1v) is 9.05. The van der Waals surface area contributed by atoms with Crippen molar-refractivity contribution in [3.8, 4) is 17.3 Å². The Kier molecular flexibility index (Phi) is 5.60. The highest BCUT2D eigenvalue weighted by Gasteiger charge is 2.17. The third kappa shape index (κ3) is 4.03. The number of carbonyl (C=O) groups excluding carboxylic acids is 1. The first-order chi connectivity index (χ1) is 13.0. The van der Waals surface area contributed by atoms with E-state index in [1.54, 1.807) is 36.1 Å². The van der Waals surface area contributed by atoms with Gasteiger partial charge >= 0.3 is 5.97 Å². The molecule has 3 rings (SSSR count). The lowest BCUT2D eigenvalue weighted by molar-refractivity contribution is 0.0722. The Morgan fingerprint density at radius 1 is 1.11 bits per heavy atom. The highest BCUT2D eigenvalue weighted by molar-refractivity contribution is 5.91. The topological polar surface area (TPSA) is 53.4 Å². The molecule has 0 aliphatic carbocycles. The zero-order valence-corrected chi connectivity index (χ0v) is 16.2. The van der Waals surface area contributed by atoms with Gasteiger partial charge in [-0.25, -0.2) is 9.48 Å². The molecule has 0 amide bonds. The summed E-state index contributed by atoms with van der Waals surface area (Å²) in [5.41, 5.74) is 4.49. The Balaban J connectivity index is 1.99. The maximum atomic E-state index is 12.7. The van der Waals surface area contributed by atoms with Crippen molar-refractivity contribution < 1.29 is 14.3 Å². The molecule has 0 bridgehead atoms. The predicted octanol–water partition coefficient (Wildman–Crippen LogP) is 4.67. The summed E-state index contributed by atoms with van der Waals surface area (Å²) in [6, 6.07) is 14.8. The van der Waals surface area contributed by atoms with E-state index in [0.29, 0.717) is 17.2 Å². The molecule has 1 heterocycles. The standard InChI is InChI=1S/C22H24N2O3/c1-5-8-18-14-21(24(23-18)20-12-6-9-15(2)16(20)3)27-22(25)17-10-7-11-19(13-17)26-4/h6-7,9-14H,5,8H2,1-4H3. The molecule has 5 nitrogen and oxygen atoms in total. The van der Waals surface area contributed by atoms with E-state index in [1.165, 1.54) is 0 Å². The normalized spacial score (nSPS) is 10.7. The van der Waals surface area contributed by atoms with Gasteiger partial charge in [0, 0.05) is 6.07 Å². The molecule has 0 N–H and O–H groups in total. The Labute approximate surface area is 159 Å². The molecule has 0 aliphatic rings. The van der Waals surface area contributed by atoms with Gasteiger partial charge in [-0.3, -0.25) is 0 Å². The number of esters is 1. The molecule has 2 aromatic carbocycles. The van der Waals surface area contributed by atoms with Crippen LogP contribution in [0.2, 0.25) is 0 Å². The fraction of sp³-hybridized carbons (Fsp3) is 0.273. The maximum absolute atomic E-state index is 12.7. The molecule has 140 valence electrons. The van der Waals surface area contributed by atoms with Gasteiger partial charge in [-0.05, 0) is 55.7 Å². The van der Waals surface area contributed by atoms with Crippen LogP contribution in [0.3, 0.4) is 0 Å². The van der Waals surface area contributed by atoms with E-state index in [1.807, 2.05) is 25.1 Å². The first-order valence-electron chi connectivity index (χ1n) is 9.05. The molecular formula is C22H24N2O3. The van der Waals surface area contributed by atoms with Crippen molar-refractivity contribution in [2.24, 2.45) is 0 Å². The predicted molar refractivity (Wildman–Crippen MR) is 105 cm³/mol. The highest BCUT2D eigenvalue weighted by atomic mass is 16.5. The molecule has 0 aliphatic heterocycles. The molecule has 27 heavy (non-hydrogen) atoms. The van der Waals surface area contributed by atoms with Crippen molar-refractivity contribution in [2.75, 3.05) is 7.11 Å². The first kappa shape index (κ1) is 18.7. The molecule has 1 aromatic heterocycles. The van der Waals surface area contributed by atoms with E-state index in [-0.39, 0.29) is 0 Å². The van der Waals surface area contributed by atoms with Gasteiger partial charge in [0.15, 0.2) is 0 Å². The number of methoxy groups -OCH3 is 1. The van der Waals surface area contributed by atoms with Crippen LogP contribution in [0.5, 0.6) is 11.6 Å². The van der Waals surface area contributed by atoms with Crippen LogP contribution in [-0.4, -0.2) is 22.9 Å². The van der Waals surface area contributed by atoms with Crippen LogP contribution in [0.25, 0.3) is 5.69 Å². The zero-order chi connectivity index (χ0) is 19.4. The average Bonchev–Trinajstić information content (AvgIpc) is 3.06. The molecule has 0 fully saturated rings. The van der Waals surface area contributed by atoms with Gasteiger partial charge in [0.25, 0.3) is 0 Å². The van der Waals surface area contributed by atoms with Gasteiger partial charge < -0.3 is 9.47 Å². The lowest BCUT2D eigenvalue weighted by atomic mass is 10.1. The number of ether oxygens (including phenoxy) is 2. The van der Waals surface area contributed by atoms with Gasteiger partial charge in [0.2, 0.25) is 5.88 Å². The maximum Gasteiger partial charge on any atom is 0.344 e. The van der Waals surface area contributed by atoms with E-state index in [9.17, 15) is 4.79 Å². The number of hydrogen-bond acceptors (Lipinski definition) is 4. The number of hydrogen-bond donors (Lipinski definition) is 0. The molecule has 5 heteroatoms. The van der Waals surface area contributed by atoms with Crippen LogP contribution in [0.15, 0.2) is 48.5 Å². The summed E-state index contributed by atoms with van der Waals surface area (Å²) in [5.74, 6) is 0.586. The molecule has 0 unspecified atom stereocenters. The van der Waals surface area contributed by atoms with Crippen LogP contribution in [0.4, 0.5) is 0 Å². The smallest absolute Gasteiger partial charge is 0.344 e. The van der Waals surface area contributed by atoms with Gasteiger partial charge in [0.05, 0.1) is 24.1 Å². The van der Waals surface area contributed by atoms with E-state index >= 15 is 0 Å². The number of aromatic nitrogens is 2. The molecular weight excluding hydrogens is 340 g/mol. The average molecular weight is 364 g/mol. The van der Waals surface area contributed by atoms with Gasteiger partial charge in [-0.2, -0.15) is 5.10 Å². The van der Waals surface area contributed by atoms with Crippen LogP contribution in [-0.2, 0) is 6.42 Å². The zero-order valence-electron chi connectivity index (χ0n) is 16.2. The summed E-state index contributed by atoms with van der Waals surface area (Å²) in [6.07, 6.45) is 1.79. The Morgan fingerprint density at radius 2 is 1.89 bits per heavy atom. The van der Waals surface area contributed by atoms with Crippen molar-refractivity contribution >= 4 is 5.97 Å². The van der Waals surface area contributed by atoms with Crippen molar-refractivity contribution in [2.45, 2.75) is 33.6 Å². The minimum atomic E-state index is -0.441. The number of carbonyl (C=O) groups is 1. The Hall–Kier alpha value is -3.08. The van der Waals surface area contributed by atoms with Gasteiger partial charge in [0.1, 0.15) is 5.75 Å². The SMILES string of the molecule is CCCc1cc(OC(=O)c2cccc(OC)c2)n(-c2cccc(C)c2C)n1. The van der Waals surface area contributed by atoms with Gasteiger partial charge in [-0.15, -0.1) is 0 Å². The quantitative estimate of drug-likeness (QED) is 0.597. The Bertz CT molecular complexity index is 960. The monoisotopic (exact) mass is 364 g/mol. The fourth-order valence-corrected chi connectivity index (χ4v) is 2.90. The Morgan fingerprint density at radius 3 is 2.63 bits per heavy atom.